The number of amides is 2. The zero-order chi connectivity index (χ0) is 13.0. The van der Waals surface area contributed by atoms with E-state index < -0.39 is 12.1 Å². The maximum atomic E-state index is 11.8. The van der Waals surface area contributed by atoms with Crippen LogP contribution in [0.4, 0.5) is 4.79 Å². The molecule has 1 saturated heterocycles. The topological polar surface area (TPSA) is 120 Å². The van der Waals surface area contributed by atoms with Crippen LogP contribution in [0.3, 0.4) is 0 Å². The highest BCUT2D eigenvalue weighted by Gasteiger charge is 2.28. The van der Waals surface area contributed by atoms with E-state index in [0.29, 0.717) is 12.4 Å². The van der Waals surface area contributed by atoms with Gasteiger partial charge in [-0.1, -0.05) is 0 Å². The number of aromatic amines is 1. The Kier molecular flexibility index (Phi) is 3.72. The first kappa shape index (κ1) is 12.3. The van der Waals surface area contributed by atoms with E-state index in [1.807, 2.05) is 0 Å². The fourth-order valence-electron chi connectivity index (χ4n) is 1.57. The molecule has 1 aliphatic heterocycles. The first-order valence-corrected chi connectivity index (χ1v) is 5.38. The minimum Gasteiger partial charge on any atom is -0.479 e. The van der Waals surface area contributed by atoms with E-state index in [1.165, 1.54) is 11.2 Å². The molecule has 0 radical (unpaired) electrons. The Hall–Kier alpha value is -2.16. The van der Waals surface area contributed by atoms with E-state index in [1.54, 1.807) is 0 Å². The number of carboxylic acid groups (broad SMARTS) is 1. The number of carbonyl (C=O) groups is 2. The highest BCUT2D eigenvalue weighted by atomic mass is 16.5. The molecule has 3 N–H and O–H groups in total. The van der Waals surface area contributed by atoms with Crippen LogP contribution in [0.1, 0.15) is 5.82 Å². The minimum absolute atomic E-state index is 0.0393. The second-order valence-electron chi connectivity index (χ2n) is 3.73. The fourth-order valence-corrected chi connectivity index (χ4v) is 1.57. The van der Waals surface area contributed by atoms with Crippen molar-refractivity contribution in [1.29, 1.82) is 0 Å². The van der Waals surface area contributed by atoms with Crippen molar-refractivity contribution in [2.75, 3.05) is 19.7 Å². The first-order chi connectivity index (χ1) is 8.66. The lowest BCUT2D eigenvalue weighted by Crippen LogP contribution is -2.51. The van der Waals surface area contributed by atoms with Gasteiger partial charge in [-0.2, -0.15) is 5.10 Å². The van der Waals surface area contributed by atoms with Gasteiger partial charge in [0.2, 0.25) is 0 Å². The van der Waals surface area contributed by atoms with Crippen LogP contribution in [-0.2, 0) is 16.1 Å². The lowest BCUT2D eigenvalue weighted by molar-refractivity contribution is -0.154. The van der Waals surface area contributed by atoms with Gasteiger partial charge in [0.15, 0.2) is 6.10 Å². The first-order valence-electron chi connectivity index (χ1n) is 5.38. The van der Waals surface area contributed by atoms with Crippen molar-refractivity contribution in [2.24, 2.45) is 0 Å². The van der Waals surface area contributed by atoms with Crippen molar-refractivity contribution >= 4 is 12.0 Å². The monoisotopic (exact) mass is 255 g/mol. The van der Waals surface area contributed by atoms with E-state index in [4.69, 9.17) is 9.84 Å². The van der Waals surface area contributed by atoms with Gasteiger partial charge < -0.3 is 20.1 Å². The summed E-state index contributed by atoms with van der Waals surface area (Å²) in [5.41, 5.74) is 0. The fraction of sp³-hybridized carbons (Fsp3) is 0.556. The number of H-pyrrole nitrogens is 1. The van der Waals surface area contributed by atoms with Crippen molar-refractivity contribution < 1.29 is 19.4 Å². The molecule has 1 atom stereocenters. The minimum atomic E-state index is -1.07. The zero-order valence-corrected chi connectivity index (χ0v) is 9.50. The van der Waals surface area contributed by atoms with Crippen molar-refractivity contribution in [2.45, 2.75) is 12.6 Å². The largest absolute Gasteiger partial charge is 0.479 e. The maximum Gasteiger partial charge on any atom is 0.334 e. The molecule has 98 valence electrons. The summed E-state index contributed by atoms with van der Waals surface area (Å²) in [7, 11) is 0. The molecule has 0 bridgehead atoms. The van der Waals surface area contributed by atoms with Gasteiger partial charge in [-0.05, 0) is 0 Å². The molecule has 2 rings (SSSR count). The van der Waals surface area contributed by atoms with E-state index in [0.717, 1.165) is 0 Å². The number of carbonyl (C=O) groups excluding carboxylic acids is 1. The molecule has 0 saturated carbocycles. The van der Waals surface area contributed by atoms with Crippen molar-refractivity contribution in [3.8, 4) is 0 Å². The van der Waals surface area contributed by atoms with Crippen LogP contribution in [0, 0.1) is 0 Å². The van der Waals surface area contributed by atoms with Crippen LogP contribution in [0.2, 0.25) is 0 Å². The van der Waals surface area contributed by atoms with Crippen LogP contribution in [0.5, 0.6) is 0 Å². The number of morpholine rings is 1. The number of aliphatic carboxylic acids is 1. The molecule has 1 aliphatic rings. The number of rotatable bonds is 3. The summed E-state index contributed by atoms with van der Waals surface area (Å²) < 4.78 is 5.02. The number of nitrogens with one attached hydrogen (secondary N) is 2. The maximum absolute atomic E-state index is 11.8. The van der Waals surface area contributed by atoms with Crippen molar-refractivity contribution in [1.82, 2.24) is 25.4 Å². The normalized spacial score (nSPS) is 19.6. The summed E-state index contributed by atoms with van der Waals surface area (Å²) in [4.78, 5) is 27.8. The smallest absolute Gasteiger partial charge is 0.334 e. The second-order valence-corrected chi connectivity index (χ2v) is 3.73. The molecule has 0 aliphatic carbocycles. The molecule has 1 aromatic rings. The Morgan fingerprint density at radius 2 is 2.50 bits per heavy atom. The molecule has 18 heavy (non-hydrogen) atoms. The Bertz CT molecular complexity index is 421. The Balaban J connectivity index is 1.83. The number of urea groups is 1. The van der Waals surface area contributed by atoms with Crippen LogP contribution in [0.25, 0.3) is 0 Å². The molecule has 0 aromatic carbocycles. The van der Waals surface area contributed by atoms with Gasteiger partial charge in [0, 0.05) is 6.54 Å². The van der Waals surface area contributed by atoms with E-state index in [-0.39, 0.29) is 25.7 Å². The van der Waals surface area contributed by atoms with Gasteiger partial charge in [-0.15, -0.1) is 0 Å². The number of aromatic nitrogens is 3. The molecule has 0 spiro atoms. The van der Waals surface area contributed by atoms with Crippen molar-refractivity contribution in [3.63, 3.8) is 0 Å². The highest BCUT2D eigenvalue weighted by Crippen LogP contribution is 2.05. The van der Waals surface area contributed by atoms with Crippen LogP contribution in [0.15, 0.2) is 6.33 Å². The molecular weight excluding hydrogens is 242 g/mol. The predicted octanol–water partition coefficient (Wildman–Crippen LogP) is -1.20. The molecule has 9 nitrogen and oxygen atoms in total. The number of nitrogens with zero attached hydrogens (tertiary/aromatic N) is 3. The van der Waals surface area contributed by atoms with E-state index in [2.05, 4.69) is 20.5 Å². The van der Waals surface area contributed by atoms with Crippen LogP contribution >= 0.6 is 0 Å². The highest BCUT2D eigenvalue weighted by molar-refractivity contribution is 5.77. The predicted molar refractivity (Wildman–Crippen MR) is 57.6 cm³/mol. The molecule has 2 amide bonds. The molecule has 2 heterocycles. The van der Waals surface area contributed by atoms with Gasteiger partial charge in [-0.3, -0.25) is 5.10 Å². The number of carboxylic acids is 1. The van der Waals surface area contributed by atoms with Crippen LogP contribution in [-0.4, -0.2) is 63.0 Å². The van der Waals surface area contributed by atoms with Gasteiger partial charge in [-0.25, -0.2) is 14.6 Å². The summed E-state index contributed by atoms with van der Waals surface area (Å²) >= 11 is 0. The molecule has 1 aromatic heterocycles. The lowest BCUT2D eigenvalue weighted by Gasteiger charge is -2.30. The lowest BCUT2D eigenvalue weighted by atomic mass is 10.3. The van der Waals surface area contributed by atoms with E-state index >= 15 is 0 Å². The van der Waals surface area contributed by atoms with E-state index in [9.17, 15) is 9.59 Å². The number of hydrogen-bond donors (Lipinski definition) is 3. The average molecular weight is 255 g/mol. The quantitative estimate of drug-likeness (QED) is 0.624. The van der Waals surface area contributed by atoms with Crippen LogP contribution < -0.4 is 5.32 Å². The van der Waals surface area contributed by atoms with Crippen molar-refractivity contribution in [3.05, 3.63) is 12.2 Å². The third-order valence-corrected chi connectivity index (χ3v) is 2.50. The standard InChI is InChI=1S/C9H13N5O4/c15-8(16)6-4-14(1-2-18-6)9(17)10-3-7-11-5-12-13-7/h5-6H,1-4H2,(H,10,17)(H,15,16)(H,11,12,13). The van der Waals surface area contributed by atoms with Gasteiger partial charge >= 0.3 is 12.0 Å². The molecular formula is C9H13N5O4. The zero-order valence-electron chi connectivity index (χ0n) is 9.50. The SMILES string of the molecule is O=C(O)C1CN(C(=O)NCc2ncn[nH]2)CCO1. The Morgan fingerprint density at radius 3 is 3.17 bits per heavy atom. The summed E-state index contributed by atoms with van der Waals surface area (Å²) in [6.07, 6.45) is 0.381. The summed E-state index contributed by atoms with van der Waals surface area (Å²) in [6.45, 7) is 0.838. The third-order valence-electron chi connectivity index (χ3n) is 2.50. The molecule has 1 unspecified atom stereocenters. The molecule has 9 heteroatoms. The van der Waals surface area contributed by atoms with Gasteiger partial charge in [0.25, 0.3) is 0 Å². The summed E-state index contributed by atoms with van der Waals surface area (Å²) in [5.74, 6) is -0.533. The average Bonchev–Trinajstić information content (AvgIpc) is 2.89. The summed E-state index contributed by atoms with van der Waals surface area (Å²) in [6, 6.07) is -0.346. The Morgan fingerprint density at radius 1 is 1.67 bits per heavy atom. The number of ether oxygens (including phenoxy) is 1. The molecule has 1 fully saturated rings. The summed E-state index contributed by atoms with van der Waals surface area (Å²) in [5, 5.41) is 17.7. The third kappa shape index (κ3) is 2.94. The van der Waals surface area contributed by atoms with Gasteiger partial charge in [0.05, 0.1) is 19.7 Å². The Labute approximate surface area is 102 Å². The van der Waals surface area contributed by atoms with Gasteiger partial charge in [0.1, 0.15) is 12.2 Å². The number of hydrogen-bond acceptors (Lipinski definition) is 5. The second kappa shape index (κ2) is 5.45.